The normalized spacial score (nSPS) is 12.7. The molecule has 0 atom stereocenters. The fraction of sp³-hybridized carbons (Fsp3) is 0. The van der Waals surface area contributed by atoms with Gasteiger partial charge >= 0.3 is 5.70 Å². The minimum absolute atomic E-state index is 0.0180. The summed E-state index contributed by atoms with van der Waals surface area (Å²) in [5, 5.41) is 28.5. The first-order valence-electron chi connectivity index (χ1n) is 9.66. The maximum absolute atomic E-state index is 9.85. The van der Waals surface area contributed by atoms with Crippen LogP contribution in [-0.2, 0) is 0 Å². The first-order valence-corrected chi connectivity index (χ1v) is 10.0. The second-order valence-corrected chi connectivity index (χ2v) is 7.26. The van der Waals surface area contributed by atoms with E-state index in [9.17, 15) is 10.5 Å². The summed E-state index contributed by atoms with van der Waals surface area (Å²) in [5.41, 5.74) is 0.814. The van der Waals surface area contributed by atoms with Crippen LogP contribution in [0.25, 0.3) is 43.9 Å². The van der Waals surface area contributed by atoms with Gasteiger partial charge in [0.15, 0.2) is 17.2 Å². The Labute approximate surface area is 205 Å². The molecule has 3 heterocycles. The lowest BCUT2D eigenvalue weighted by Crippen LogP contribution is -2.25. The molecule has 0 N–H and O–H groups in total. The van der Waals surface area contributed by atoms with Gasteiger partial charge in [0, 0.05) is 5.56 Å². The van der Waals surface area contributed by atoms with Gasteiger partial charge in [-0.05, 0) is 35.9 Å². The van der Waals surface area contributed by atoms with Crippen molar-refractivity contribution in [3.63, 3.8) is 0 Å². The highest BCUT2D eigenvalue weighted by Crippen LogP contribution is 2.30. The van der Waals surface area contributed by atoms with E-state index in [2.05, 4.69) is 39.6 Å². The van der Waals surface area contributed by atoms with E-state index in [-0.39, 0.29) is 67.7 Å². The number of rotatable bonds is 2. The summed E-state index contributed by atoms with van der Waals surface area (Å²) >= 11 is 6.14. The summed E-state index contributed by atoms with van der Waals surface area (Å²) in [6.07, 6.45) is 0. The molecular weight excluding hydrogens is 482 g/mol. The van der Waals surface area contributed by atoms with Crippen LogP contribution in [0.5, 0.6) is 0 Å². The second kappa shape index (κ2) is 8.41. The number of halogens is 1. The van der Waals surface area contributed by atoms with Crippen LogP contribution in [0.3, 0.4) is 0 Å². The third-order valence-electron chi connectivity index (χ3n) is 4.93. The van der Waals surface area contributed by atoms with E-state index in [1.54, 1.807) is 12.1 Å². The molecular formula is C23H4ClN11O. The Morgan fingerprint density at radius 1 is 0.972 bits per heavy atom. The molecule has 12 nitrogen and oxygen atoms in total. The molecule has 0 radical (unpaired) electrons. The van der Waals surface area contributed by atoms with Gasteiger partial charge in [0.2, 0.25) is 16.8 Å². The van der Waals surface area contributed by atoms with Crippen LogP contribution in [0.1, 0.15) is 11.1 Å². The van der Waals surface area contributed by atoms with E-state index in [0.717, 1.165) is 0 Å². The number of aromatic nitrogens is 4. The summed E-state index contributed by atoms with van der Waals surface area (Å²) in [5.74, 6) is -0.158. The van der Waals surface area contributed by atoms with Gasteiger partial charge < -0.3 is 4.42 Å². The Balaban J connectivity index is 1.69. The third-order valence-corrected chi connectivity index (χ3v) is 5.10. The fourth-order valence-corrected chi connectivity index (χ4v) is 3.53. The number of hydrogen-bond acceptors (Lipinski definition) is 10. The van der Waals surface area contributed by atoms with Crippen LogP contribution < -0.4 is 10.7 Å². The molecule has 164 valence electrons. The van der Waals surface area contributed by atoms with Crippen molar-refractivity contribution < 1.29 is 4.42 Å². The van der Waals surface area contributed by atoms with Crippen LogP contribution in [0.2, 0.25) is 5.28 Å². The Morgan fingerprint density at radius 3 is 2.47 bits per heavy atom. The lowest BCUT2D eigenvalue weighted by molar-refractivity contribution is 0.612. The summed E-state index contributed by atoms with van der Waals surface area (Å²) in [6.45, 7) is 14.3. The van der Waals surface area contributed by atoms with Crippen molar-refractivity contribution in [1.82, 2.24) is 19.9 Å². The number of hydrogen-bond donors (Lipinski definition) is 0. The summed E-state index contributed by atoms with van der Waals surface area (Å²) < 4.78 is 5.70. The highest BCUT2D eigenvalue weighted by Gasteiger charge is 2.21. The zero-order valence-electron chi connectivity index (χ0n) is 17.5. The zero-order chi connectivity index (χ0) is 25.4. The SMILES string of the molecule is [C-]#[N+]/C(C#N)=C1\N=c2ccc(-c3nc(Cl)nc(-c4nc5cc([N+]#[C-])c(C#N)cc5o4)n3)c(C#N)c2=N1. The fourth-order valence-electron chi connectivity index (χ4n) is 3.37. The summed E-state index contributed by atoms with van der Waals surface area (Å²) in [4.78, 5) is 31.6. The smallest absolute Gasteiger partial charge is 0.305 e. The number of fused-ring (bicyclic) bond motifs is 2. The van der Waals surface area contributed by atoms with Crippen molar-refractivity contribution in [3.8, 4) is 41.3 Å². The molecule has 4 aromatic rings. The van der Waals surface area contributed by atoms with E-state index in [1.165, 1.54) is 18.2 Å². The summed E-state index contributed by atoms with van der Waals surface area (Å²) in [7, 11) is 0. The van der Waals surface area contributed by atoms with Gasteiger partial charge in [0.1, 0.15) is 11.4 Å². The topological polar surface area (TPSA) is 170 Å². The average molecular weight is 486 g/mol. The molecule has 2 aromatic heterocycles. The van der Waals surface area contributed by atoms with Crippen LogP contribution >= 0.6 is 11.6 Å². The van der Waals surface area contributed by atoms with Crippen molar-refractivity contribution in [2.45, 2.75) is 0 Å². The molecule has 1 aliphatic rings. The minimum Gasteiger partial charge on any atom is -0.434 e. The number of allylic oxidation sites excluding steroid dienone is 1. The molecule has 0 aliphatic carbocycles. The molecule has 0 bridgehead atoms. The Hall–Kier alpha value is -6.00. The summed E-state index contributed by atoms with van der Waals surface area (Å²) in [6, 6.07) is 11.6. The molecule has 2 aromatic carbocycles. The molecule has 0 amide bonds. The lowest BCUT2D eigenvalue weighted by atomic mass is 10.1. The lowest BCUT2D eigenvalue weighted by Gasteiger charge is -2.04. The number of nitriles is 3. The first kappa shape index (κ1) is 21.8. The van der Waals surface area contributed by atoms with Crippen molar-refractivity contribution in [1.29, 1.82) is 15.8 Å². The molecule has 0 saturated carbocycles. The van der Waals surface area contributed by atoms with Gasteiger partial charge in [-0.25, -0.2) is 34.9 Å². The van der Waals surface area contributed by atoms with Crippen molar-refractivity contribution in [2.75, 3.05) is 0 Å². The van der Waals surface area contributed by atoms with Crippen molar-refractivity contribution in [2.24, 2.45) is 9.98 Å². The molecule has 0 unspecified atom stereocenters. The minimum atomic E-state index is -0.306. The van der Waals surface area contributed by atoms with E-state index in [1.807, 2.05) is 12.1 Å². The van der Waals surface area contributed by atoms with E-state index in [4.69, 9.17) is 34.4 Å². The predicted octanol–water partition coefficient (Wildman–Crippen LogP) is 3.16. The third kappa shape index (κ3) is 3.44. The number of oxazole rings is 1. The van der Waals surface area contributed by atoms with Crippen LogP contribution in [0.4, 0.5) is 5.69 Å². The highest BCUT2D eigenvalue weighted by molar-refractivity contribution is 6.28. The van der Waals surface area contributed by atoms with Crippen molar-refractivity contribution >= 4 is 28.4 Å². The Bertz CT molecular complexity index is 1960. The molecule has 5 rings (SSSR count). The zero-order valence-corrected chi connectivity index (χ0v) is 18.3. The van der Waals surface area contributed by atoms with Gasteiger partial charge in [-0.15, -0.1) is 0 Å². The maximum atomic E-state index is 9.85. The molecule has 36 heavy (non-hydrogen) atoms. The van der Waals surface area contributed by atoms with Gasteiger partial charge in [0.25, 0.3) is 5.89 Å². The monoisotopic (exact) mass is 485 g/mol. The van der Waals surface area contributed by atoms with Crippen LogP contribution in [0, 0.1) is 47.1 Å². The molecule has 1 aliphatic heterocycles. The molecule has 0 fully saturated rings. The van der Waals surface area contributed by atoms with Gasteiger partial charge in [0.05, 0.1) is 47.3 Å². The predicted molar refractivity (Wildman–Crippen MR) is 121 cm³/mol. The van der Waals surface area contributed by atoms with Gasteiger partial charge in [-0.3, -0.25) is 0 Å². The Kier molecular flexibility index (Phi) is 5.10. The number of nitrogens with zero attached hydrogens (tertiary/aromatic N) is 11. The van der Waals surface area contributed by atoms with E-state index >= 15 is 0 Å². The standard InChI is InChI=1S/C23H4ClN11O/c1-28-14-6-15-17(5-10(14)7-25)36-22(31-15)21-33-19(34-23(24)35-21)11-3-4-13-18(12(11)8-26)32-20(30-13)16(9-27)29-2/h3-6H/b20-16+. The average Bonchev–Trinajstić information content (AvgIpc) is 3.51. The largest absolute Gasteiger partial charge is 0.434 e. The Morgan fingerprint density at radius 2 is 1.78 bits per heavy atom. The van der Waals surface area contributed by atoms with Gasteiger partial charge in [-0.1, -0.05) is 0 Å². The van der Waals surface area contributed by atoms with Crippen molar-refractivity contribution in [3.05, 3.63) is 85.7 Å². The highest BCUT2D eigenvalue weighted by atomic mass is 35.5. The van der Waals surface area contributed by atoms with Crippen LogP contribution in [0.15, 0.2) is 50.2 Å². The second-order valence-electron chi connectivity index (χ2n) is 6.92. The van der Waals surface area contributed by atoms with Crippen LogP contribution in [-0.4, -0.2) is 19.9 Å². The number of benzene rings is 2. The first-order chi connectivity index (χ1) is 17.5. The molecule has 13 heteroatoms. The quantitative estimate of drug-likeness (QED) is 0.308. The maximum Gasteiger partial charge on any atom is 0.305 e. The molecule has 0 saturated heterocycles. The van der Waals surface area contributed by atoms with E-state index < -0.39 is 0 Å². The van der Waals surface area contributed by atoms with E-state index in [0.29, 0.717) is 10.9 Å². The van der Waals surface area contributed by atoms with Gasteiger partial charge in [-0.2, -0.15) is 20.5 Å². The molecule has 0 spiro atoms.